The van der Waals surface area contributed by atoms with Crippen LogP contribution in [0, 0.1) is 5.82 Å². The molecule has 3 heteroatoms. The summed E-state index contributed by atoms with van der Waals surface area (Å²) in [5, 5.41) is 0. The Hall–Kier alpha value is -2.42. The number of ketones is 1. The number of allylic oxidation sites excluding steroid dienone is 1. The summed E-state index contributed by atoms with van der Waals surface area (Å²) in [5.74, 6) is 0.292. The van der Waals surface area contributed by atoms with E-state index in [1.807, 2.05) is 6.08 Å². The number of ether oxygens (including phenoxy) is 1. The van der Waals surface area contributed by atoms with Gasteiger partial charge >= 0.3 is 0 Å². The van der Waals surface area contributed by atoms with Gasteiger partial charge in [-0.2, -0.15) is 0 Å². The molecule has 126 valence electrons. The molecule has 0 aliphatic heterocycles. The molecule has 0 aromatic heterocycles. The number of benzene rings is 2. The van der Waals surface area contributed by atoms with Gasteiger partial charge in [-0.05, 0) is 67.8 Å². The third-order valence-electron chi connectivity index (χ3n) is 3.79. The Bertz CT molecular complexity index is 645. The highest BCUT2D eigenvalue weighted by molar-refractivity contribution is 6.08. The molecular weight excluding hydrogens is 303 g/mol. The van der Waals surface area contributed by atoms with Crippen LogP contribution < -0.4 is 4.74 Å². The summed E-state index contributed by atoms with van der Waals surface area (Å²) in [7, 11) is 0. The van der Waals surface area contributed by atoms with Crippen molar-refractivity contribution >= 4 is 5.78 Å². The molecule has 0 radical (unpaired) electrons. The second kappa shape index (κ2) is 9.66. The molecule has 0 bridgehead atoms. The molecule has 0 aliphatic carbocycles. The lowest BCUT2D eigenvalue weighted by atomic mass is 10.0. The van der Waals surface area contributed by atoms with E-state index in [1.165, 1.54) is 37.1 Å². The molecule has 0 fully saturated rings. The fraction of sp³-hybridized carbons (Fsp3) is 0.286. The van der Waals surface area contributed by atoms with Crippen LogP contribution in [0.5, 0.6) is 5.75 Å². The lowest BCUT2D eigenvalue weighted by Gasteiger charge is -2.07. The molecule has 2 rings (SSSR count). The number of rotatable bonds is 10. The molecule has 0 aliphatic rings. The van der Waals surface area contributed by atoms with Crippen LogP contribution in [0.15, 0.2) is 61.2 Å². The molecule has 0 saturated carbocycles. The van der Waals surface area contributed by atoms with E-state index in [2.05, 4.69) is 6.58 Å². The standard InChI is InChI=1S/C21H23FO2/c1-2-3-4-5-6-7-16-24-20-14-10-18(11-15-20)21(23)17-8-12-19(22)13-9-17/h2,8-15H,1,3-7,16H2. The number of halogens is 1. The molecule has 2 aromatic carbocycles. The third-order valence-corrected chi connectivity index (χ3v) is 3.79. The summed E-state index contributed by atoms with van der Waals surface area (Å²) >= 11 is 0. The van der Waals surface area contributed by atoms with Gasteiger partial charge in [-0.1, -0.05) is 18.9 Å². The Kier molecular flexibility index (Phi) is 7.21. The van der Waals surface area contributed by atoms with E-state index in [-0.39, 0.29) is 11.6 Å². The zero-order chi connectivity index (χ0) is 17.2. The molecule has 0 spiro atoms. The maximum absolute atomic E-state index is 12.9. The molecule has 24 heavy (non-hydrogen) atoms. The lowest BCUT2D eigenvalue weighted by Crippen LogP contribution is -2.02. The summed E-state index contributed by atoms with van der Waals surface area (Å²) in [6.07, 6.45) is 7.57. The molecule has 0 saturated heterocycles. The minimum absolute atomic E-state index is 0.122. The first kappa shape index (κ1) is 17.9. The van der Waals surface area contributed by atoms with Crippen molar-refractivity contribution < 1.29 is 13.9 Å². The number of carbonyl (C=O) groups excluding carboxylic acids is 1. The van der Waals surface area contributed by atoms with Crippen LogP contribution >= 0.6 is 0 Å². The van der Waals surface area contributed by atoms with Crippen LogP contribution in [0.2, 0.25) is 0 Å². The van der Waals surface area contributed by atoms with Crippen LogP contribution in [-0.2, 0) is 0 Å². The second-order valence-corrected chi connectivity index (χ2v) is 5.70. The second-order valence-electron chi connectivity index (χ2n) is 5.70. The zero-order valence-electron chi connectivity index (χ0n) is 13.8. The van der Waals surface area contributed by atoms with E-state index in [4.69, 9.17) is 4.74 Å². The number of hydrogen-bond donors (Lipinski definition) is 0. The Labute approximate surface area is 143 Å². The minimum Gasteiger partial charge on any atom is -0.494 e. The monoisotopic (exact) mass is 326 g/mol. The van der Waals surface area contributed by atoms with Gasteiger partial charge in [0.25, 0.3) is 0 Å². The van der Waals surface area contributed by atoms with Crippen molar-refractivity contribution in [3.63, 3.8) is 0 Å². The van der Waals surface area contributed by atoms with Gasteiger partial charge in [0, 0.05) is 11.1 Å². The summed E-state index contributed by atoms with van der Waals surface area (Å²) < 4.78 is 18.6. The number of unbranched alkanes of at least 4 members (excludes halogenated alkanes) is 4. The molecular formula is C21H23FO2. The van der Waals surface area contributed by atoms with Gasteiger partial charge in [0.05, 0.1) is 6.61 Å². The fourth-order valence-electron chi connectivity index (χ4n) is 2.40. The minimum atomic E-state index is -0.347. The van der Waals surface area contributed by atoms with Crippen molar-refractivity contribution in [1.29, 1.82) is 0 Å². The van der Waals surface area contributed by atoms with Crippen molar-refractivity contribution in [3.05, 3.63) is 78.1 Å². The van der Waals surface area contributed by atoms with Crippen molar-refractivity contribution in [3.8, 4) is 5.75 Å². The first-order valence-electron chi connectivity index (χ1n) is 8.35. The van der Waals surface area contributed by atoms with Crippen molar-refractivity contribution in [1.82, 2.24) is 0 Å². The average molecular weight is 326 g/mol. The highest BCUT2D eigenvalue weighted by Crippen LogP contribution is 2.16. The van der Waals surface area contributed by atoms with Crippen LogP contribution in [0.4, 0.5) is 4.39 Å². The maximum atomic E-state index is 12.9. The Morgan fingerprint density at radius 3 is 2.12 bits per heavy atom. The largest absolute Gasteiger partial charge is 0.494 e. The quantitative estimate of drug-likeness (QED) is 0.324. The zero-order valence-corrected chi connectivity index (χ0v) is 13.8. The molecule has 2 aromatic rings. The molecule has 0 unspecified atom stereocenters. The van der Waals surface area contributed by atoms with Gasteiger partial charge in [-0.15, -0.1) is 6.58 Å². The predicted octanol–water partition coefficient (Wildman–Crippen LogP) is 5.57. The molecule has 2 nitrogen and oxygen atoms in total. The van der Waals surface area contributed by atoms with Crippen molar-refractivity contribution in [2.75, 3.05) is 6.61 Å². The van der Waals surface area contributed by atoms with Gasteiger partial charge in [0.1, 0.15) is 11.6 Å². The van der Waals surface area contributed by atoms with Crippen molar-refractivity contribution in [2.24, 2.45) is 0 Å². The first-order valence-corrected chi connectivity index (χ1v) is 8.35. The molecule has 0 heterocycles. The van der Waals surface area contributed by atoms with Gasteiger partial charge in [-0.25, -0.2) is 4.39 Å². The fourth-order valence-corrected chi connectivity index (χ4v) is 2.40. The summed E-state index contributed by atoms with van der Waals surface area (Å²) in [4.78, 5) is 12.3. The molecule has 0 amide bonds. The van der Waals surface area contributed by atoms with Crippen LogP contribution in [0.25, 0.3) is 0 Å². The van der Waals surface area contributed by atoms with Crippen LogP contribution in [0.3, 0.4) is 0 Å². The summed E-state index contributed by atoms with van der Waals surface area (Å²) in [6.45, 7) is 4.39. The molecule has 0 atom stereocenters. The van der Waals surface area contributed by atoms with Crippen LogP contribution in [-0.4, -0.2) is 12.4 Å². The Morgan fingerprint density at radius 1 is 0.917 bits per heavy atom. The predicted molar refractivity (Wildman–Crippen MR) is 95.1 cm³/mol. The normalized spacial score (nSPS) is 10.4. The van der Waals surface area contributed by atoms with E-state index in [1.54, 1.807) is 24.3 Å². The highest BCUT2D eigenvalue weighted by Gasteiger charge is 2.09. The average Bonchev–Trinajstić information content (AvgIpc) is 2.61. The number of carbonyl (C=O) groups is 1. The van der Waals surface area contributed by atoms with Gasteiger partial charge in [0.2, 0.25) is 0 Å². The highest BCUT2D eigenvalue weighted by atomic mass is 19.1. The Balaban J connectivity index is 1.79. The third kappa shape index (κ3) is 5.65. The van der Waals surface area contributed by atoms with E-state index >= 15 is 0 Å². The first-order chi connectivity index (χ1) is 11.7. The SMILES string of the molecule is C=CCCCCCCOc1ccc(C(=O)c2ccc(F)cc2)cc1. The maximum Gasteiger partial charge on any atom is 0.193 e. The topological polar surface area (TPSA) is 26.3 Å². The van der Waals surface area contributed by atoms with E-state index < -0.39 is 0 Å². The summed E-state index contributed by atoms with van der Waals surface area (Å²) in [5.41, 5.74) is 1.04. The smallest absolute Gasteiger partial charge is 0.193 e. The van der Waals surface area contributed by atoms with E-state index in [0.29, 0.717) is 17.7 Å². The van der Waals surface area contributed by atoms with Gasteiger partial charge < -0.3 is 4.74 Å². The van der Waals surface area contributed by atoms with E-state index in [0.717, 1.165) is 25.0 Å². The Morgan fingerprint density at radius 2 is 1.50 bits per heavy atom. The van der Waals surface area contributed by atoms with Gasteiger partial charge in [0.15, 0.2) is 5.78 Å². The lowest BCUT2D eigenvalue weighted by molar-refractivity contribution is 0.103. The van der Waals surface area contributed by atoms with E-state index in [9.17, 15) is 9.18 Å². The number of hydrogen-bond acceptors (Lipinski definition) is 2. The van der Waals surface area contributed by atoms with Gasteiger partial charge in [-0.3, -0.25) is 4.79 Å². The van der Waals surface area contributed by atoms with Crippen LogP contribution in [0.1, 0.15) is 48.0 Å². The summed E-state index contributed by atoms with van der Waals surface area (Å²) in [6, 6.07) is 12.7. The van der Waals surface area contributed by atoms with Crippen molar-refractivity contribution in [2.45, 2.75) is 32.1 Å². The molecule has 0 N–H and O–H groups in total.